The number of carbonyl (C=O) groups excluding carboxylic acids is 3. The molecule has 2 aromatic carbocycles. The van der Waals surface area contributed by atoms with Crippen molar-refractivity contribution in [3.8, 4) is 0 Å². The molecule has 3 fully saturated rings. The number of fused-ring (bicyclic) bond motifs is 1. The largest absolute Gasteiger partial charge is 0.394 e. The van der Waals surface area contributed by atoms with E-state index in [-0.39, 0.29) is 36.8 Å². The Kier molecular flexibility index (Phi) is 9.59. The molecule has 3 aliphatic heterocycles. The Hall–Kier alpha value is -3.46. The second-order valence-electron chi connectivity index (χ2n) is 12.8. The van der Waals surface area contributed by atoms with E-state index in [0.29, 0.717) is 43.1 Å². The second kappa shape index (κ2) is 13.1. The van der Waals surface area contributed by atoms with E-state index in [1.54, 1.807) is 51.1 Å². The zero-order valence-corrected chi connectivity index (χ0v) is 27.2. The zero-order valence-electron chi connectivity index (χ0n) is 26.4. The summed E-state index contributed by atoms with van der Waals surface area (Å²) in [6, 6.07) is 15.0. The number of hydrogen-bond acceptors (Lipinski definition) is 5. The zero-order chi connectivity index (χ0) is 32.5. The second-order valence-corrected chi connectivity index (χ2v) is 13.2. The lowest BCUT2D eigenvalue weighted by Crippen LogP contribution is -2.60. The lowest BCUT2D eigenvalue weighted by Gasteiger charge is -2.40. The van der Waals surface area contributed by atoms with Crippen molar-refractivity contribution >= 4 is 35.0 Å². The van der Waals surface area contributed by atoms with Crippen LogP contribution in [0.2, 0.25) is 5.02 Å². The number of benzene rings is 2. The van der Waals surface area contributed by atoms with Crippen LogP contribution in [0.4, 0.5) is 5.69 Å². The molecule has 2 unspecified atom stereocenters. The average molecular weight is 634 g/mol. The fourth-order valence-electron chi connectivity index (χ4n) is 7.90. The highest BCUT2D eigenvalue weighted by molar-refractivity contribution is 6.30. The number of likely N-dealkylation sites (tertiary alicyclic amines) is 1. The topological polar surface area (TPSA) is 90.4 Å². The molecule has 6 atom stereocenters. The fraction of sp³-hybridized carbons (Fsp3) is 0.472. The normalized spacial score (nSPS) is 27.4. The predicted molar refractivity (Wildman–Crippen MR) is 175 cm³/mol. The summed E-state index contributed by atoms with van der Waals surface area (Å²) in [6.45, 7) is 14.1. The maximum absolute atomic E-state index is 14.9. The Morgan fingerprint density at radius 3 is 2.31 bits per heavy atom. The van der Waals surface area contributed by atoms with Crippen molar-refractivity contribution in [2.45, 2.75) is 69.9 Å². The lowest BCUT2D eigenvalue weighted by molar-refractivity contribution is -0.154. The van der Waals surface area contributed by atoms with Gasteiger partial charge in [-0.2, -0.15) is 0 Å². The Balaban J connectivity index is 1.63. The summed E-state index contributed by atoms with van der Waals surface area (Å²) < 4.78 is 7.01. The van der Waals surface area contributed by atoms with Gasteiger partial charge < -0.3 is 24.5 Å². The van der Waals surface area contributed by atoms with Crippen molar-refractivity contribution in [1.82, 2.24) is 9.80 Å². The van der Waals surface area contributed by atoms with Crippen LogP contribution in [0.25, 0.3) is 0 Å². The van der Waals surface area contributed by atoms with Crippen LogP contribution in [0.1, 0.15) is 45.6 Å². The Labute approximate surface area is 271 Å². The molecular formula is C36H44ClN3O5. The maximum Gasteiger partial charge on any atom is 0.253 e. The van der Waals surface area contributed by atoms with Crippen LogP contribution in [0.15, 0.2) is 79.9 Å². The van der Waals surface area contributed by atoms with E-state index in [0.717, 1.165) is 5.56 Å². The third-order valence-corrected chi connectivity index (χ3v) is 10.3. The van der Waals surface area contributed by atoms with Gasteiger partial charge in [-0.25, -0.2) is 0 Å². The molecule has 3 amide bonds. The van der Waals surface area contributed by atoms with Gasteiger partial charge in [-0.3, -0.25) is 14.4 Å². The summed E-state index contributed by atoms with van der Waals surface area (Å²) in [6.07, 6.45) is 4.84. The van der Waals surface area contributed by atoms with Crippen molar-refractivity contribution in [3.63, 3.8) is 0 Å². The Bertz CT molecular complexity index is 1430. The van der Waals surface area contributed by atoms with E-state index < -0.39 is 35.1 Å². The van der Waals surface area contributed by atoms with Crippen LogP contribution in [0.3, 0.4) is 0 Å². The van der Waals surface area contributed by atoms with Gasteiger partial charge in [0.25, 0.3) is 5.91 Å². The van der Waals surface area contributed by atoms with E-state index >= 15 is 0 Å². The molecule has 0 saturated carbocycles. The molecule has 1 N–H and O–H groups in total. The van der Waals surface area contributed by atoms with Crippen LogP contribution in [-0.2, 0) is 25.7 Å². The third-order valence-electron chi connectivity index (χ3n) is 10.0. The van der Waals surface area contributed by atoms with E-state index in [1.165, 1.54) is 0 Å². The number of aliphatic hydroxyl groups excluding tert-OH is 1. The van der Waals surface area contributed by atoms with Crippen molar-refractivity contribution in [2.24, 2.45) is 17.8 Å². The van der Waals surface area contributed by atoms with Gasteiger partial charge in [0.15, 0.2) is 0 Å². The molecule has 0 aromatic heterocycles. The number of anilines is 1. The SMILES string of the molecule is C=CCN(Cc1ccccc1)C(=O)[C@@H]1[C@H]2C(=O)N([C@@H](CO)C(C)C)C(C(=O)N(CC=C)c3ccc(Cl)cc3)C23CC[C@@]1(CC)O3. The maximum atomic E-state index is 14.9. The summed E-state index contributed by atoms with van der Waals surface area (Å²) in [5.41, 5.74) is -0.556. The summed E-state index contributed by atoms with van der Waals surface area (Å²) in [5.74, 6) is -2.65. The number of ether oxygens (including phenoxy) is 1. The molecule has 3 saturated heterocycles. The number of aliphatic hydroxyl groups is 1. The summed E-state index contributed by atoms with van der Waals surface area (Å²) >= 11 is 6.17. The number of nitrogens with zero attached hydrogens (tertiary/aromatic N) is 3. The van der Waals surface area contributed by atoms with E-state index in [4.69, 9.17) is 16.3 Å². The van der Waals surface area contributed by atoms with Gasteiger partial charge in [-0.1, -0.05) is 74.9 Å². The first-order valence-electron chi connectivity index (χ1n) is 15.8. The van der Waals surface area contributed by atoms with Crippen LogP contribution in [0, 0.1) is 17.8 Å². The van der Waals surface area contributed by atoms with Crippen LogP contribution >= 0.6 is 11.6 Å². The number of carbonyl (C=O) groups is 3. The lowest BCUT2D eigenvalue weighted by atomic mass is 9.64. The summed E-state index contributed by atoms with van der Waals surface area (Å²) in [5, 5.41) is 11.1. The highest BCUT2D eigenvalue weighted by atomic mass is 35.5. The molecule has 3 aliphatic rings. The van der Waals surface area contributed by atoms with Crippen LogP contribution in [0.5, 0.6) is 0 Å². The minimum absolute atomic E-state index is 0.158. The monoisotopic (exact) mass is 633 g/mol. The first-order chi connectivity index (χ1) is 21.6. The molecule has 240 valence electrons. The first-order valence-corrected chi connectivity index (χ1v) is 16.2. The van der Waals surface area contributed by atoms with Gasteiger partial charge >= 0.3 is 0 Å². The van der Waals surface area contributed by atoms with E-state index in [9.17, 15) is 19.5 Å². The van der Waals surface area contributed by atoms with Gasteiger partial charge in [-0.15, -0.1) is 13.2 Å². The Morgan fingerprint density at radius 1 is 1.07 bits per heavy atom. The van der Waals surface area contributed by atoms with Gasteiger partial charge in [0.1, 0.15) is 11.6 Å². The molecular weight excluding hydrogens is 590 g/mol. The van der Waals surface area contributed by atoms with Crippen molar-refractivity contribution in [2.75, 3.05) is 24.6 Å². The smallest absolute Gasteiger partial charge is 0.253 e. The molecule has 2 aromatic rings. The first kappa shape index (κ1) is 32.9. The Morgan fingerprint density at radius 2 is 1.73 bits per heavy atom. The standard InChI is InChI=1S/C36H44ClN3O5/c1-6-20-38(22-25-12-10-9-11-13-25)32(42)29-30-33(43)40(28(23-41)24(4)5)31(36(30)19-18-35(29,8-3)45-36)34(44)39(21-7-2)27-16-14-26(37)15-17-27/h6-7,9-17,24,28-31,41H,1-2,8,18-23H2,3-5H3/t28-,29-,30-,31?,35+,36?/m0/s1. The average Bonchev–Trinajstić information content (AvgIpc) is 3.64. The van der Waals surface area contributed by atoms with Gasteiger partial charge in [0.05, 0.1) is 30.1 Å². The van der Waals surface area contributed by atoms with E-state index in [1.807, 2.05) is 51.1 Å². The highest BCUT2D eigenvalue weighted by Gasteiger charge is 2.79. The van der Waals surface area contributed by atoms with Gasteiger partial charge in [0, 0.05) is 30.3 Å². The summed E-state index contributed by atoms with van der Waals surface area (Å²) in [4.78, 5) is 49.2. The third kappa shape index (κ3) is 5.51. The number of amides is 3. The molecule has 2 bridgehead atoms. The van der Waals surface area contributed by atoms with Crippen molar-refractivity contribution in [1.29, 1.82) is 0 Å². The van der Waals surface area contributed by atoms with E-state index in [2.05, 4.69) is 13.2 Å². The minimum Gasteiger partial charge on any atom is -0.394 e. The predicted octanol–water partition coefficient (Wildman–Crippen LogP) is 5.25. The molecule has 8 nitrogen and oxygen atoms in total. The molecule has 5 rings (SSSR count). The van der Waals surface area contributed by atoms with Gasteiger partial charge in [0.2, 0.25) is 11.8 Å². The summed E-state index contributed by atoms with van der Waals surface area (Å²) in [7, 11) is 0. The molecule has 0 aliphatic carbocycles. The molecule has 9 heteroatoms. The number of hydrogen-bond donors (Lipinski definition) is 1. The fourth-order valence-corrected chi connectivity index (χ4v) is 8.02. The molecule has 1 spiro atoms. The molecule has 3 heterocycles. The molecule has 45 heavy (non-hydrogen) atoms. The van der Waals surface area contributed by atoms with Crippen molar-refractivity contribution < 1.29 is 24.2 Å². The van der Waals surface area contributed by atoms with Crippen molar-refractivity contribution in [3.05, 3.63) is 90.5 Å². The van der Waals surface area contributed by atoms with Crippen LogP contribution in [-0.4, -0.2) is 75.6 Å². The van der Waals surface area contributed by atoms with Gasteiger partial charge in [-0.05, 0) is 55.0 Å². The quantitative estimate of drug-likeness (QED) is 0.305. The number of halogens is 1. The number of rotatable bonds is 13. The van der Waals surface area contributed by atoms with Crippen LogP contribution < -0.4 is 4.90 Å². The molecule has 0 radical (unpaired) electrons. The minimum atomic E-state index is -1.23. The highest BCUT2D eigenvalue weighted by Crippen LogP contribution is 2.65.